The Kier molecular flexibility index (Phi) is 12.1. The number of benzene rings is 1. The van der Waals surface area contributed by atoms with Crippen LogP contribution in [0.5, 0.6) is 0 Å². The number of hydrogen-bond donors (Lipinski definition) is 6. The molecule has 0 aliphatic heterocycles. The Morgan fingerprint density at radius 3 is 2.17 bits per heavy atom. The third-order valence-electron chi connectivity index (χ3n) is 5.20. The molecule has 11 nitrogen and oxygen atoms in total. The molecule has 1 aromatic carbocycles. The Labute approximate surface area is 208 Å². The van der Waals surface area contributed by atoms with Gasteiger partial charge < -0.3 is 27.2 Å². The van der Waals surface area contributed by atoms with Gasteiger partial charge in [-0.1, -0.05) is 45.4 Å². The molecule has 0 bridgehead atoms. The van der Waals surface area contributed by atoms with Gasteiger partial charge in [-0.2, -0.15) is 0 Å². The average Bonchev–Trinajstić information content (AvgIpc) is 2.75. The lowest BCUT2D eigenvalue weighted by Crippen LogP contribution is -2.56. The first-order valence-corrected chi connectivity index (χ1v) is 13.1. The molecule has 0 saturated heterocycles. The molecule has 3 atom stereocenters. The highest BCUT2D eigenvalue weighted by Gasteiger charge is 2.28. The Hall–Kier alpha value is -2.70. The number of aryl methyl sites for hydroxylation is 1. The van der Waals surface area contributed by atoms with Crippen LogP contribution in [-0.2, 0) is 19.6 Å². The number of nitrogens with one attached hydrogen (secondary N) is 3. The summed E-state index contributed by atoms with van der Waals surface area (Å²) in [7, 11) is -3.88. The number of aliphatic imine (C=N–C) groups is 1. The van der Waals surface area contributed by atoms with Crippen molar-refractivity contribution in [1.82, 2.24) is 15.4 Å². The van der Waals surface area contributed by atoms with Crippen LogP contribution in [0.4, 0.5) is 0 Å². The van der Waals surface area contributed by atoms with Crippen LogP contribution in [0.2, 0.25) is 0 Å². The van der Waals surface area contributed by atoms with E-state index in [9.17, 15) is 23.1 Å². The number of rotatable bonds is 13. The molecule has 2 amide bonds. The summed E-state index contributed by atoms with van der Waals surface area (Å²) < 4.78 is 26.9. The van der Waals surface area contributed by atoms with E-state index in [4.69, 9.17) is 11.5 Å². The molecule has 1 rings (SSSR count). The van der Waals surface area contributed by atoms with Crippen LogP contribution < -0.4 is 26.8 Å². The number of hydrogen-bond acceptors (Lipinski definition) is 7. The number of nitrogens with two attached hydrogens (primary N) is 2. The fraction of sp³-hybridized carbons (Fsp3) is 0.609. The molecule has 12 heteroatoms. The van der Waals surface area contributed by atoms with E-state index >= 15 is 0 Å². The normalized spacial score (nSPS) is 14.9. The van der Waals surface area contributed by atoms with Crippen molar-refractivity contribution in [1.29, 1.82) is 0 Å². The molecule has 0 heterocycles. The standard InChI is InChI=1S/C23H40N6O5S/c1-14(2)12-17(13-30)27-22(32)20(15(3)4)28-21(31)19(24)10-11-26-23(25)29-35(33,34)18-8-6-16(5)7-9-18/h6-9,14-15,17,19-20,30H,10-13,24H2,1-5H3,(H,27,32)(H,28,31)(H3,25,26,29)/t17-,19+,20+/m1/s1. The molecule has 1 aromatic rings. The van der Waals surface area contributed by atoms with Gasteiger partial charge in [0.1, 0.15) is 6.04 Å². The lowest BCUT2D eigenvalue weighted by atomic mass is 10.00. The fourth-order valence-corrected chi connectivity index (χ4v) is 4.19. The van der Waals surface area contributed by atoms with Crippen LogP contribution in [0.3, 0.4) is 0 Å². The summed E-state index contributed by atoms with van der Waals surface area (Å²) in [6, 6.07) is 4.02. The summed E-state index contributed by atoms with van der Waals surface area (Å²) in [4.78, 5) is 29.2. The molecule has 35 heavy (non-hydrogen) atoms. The van der Waals surface area contributed by atoms with Gasteiger partial charge in [0.2, 0.25) is 17.8 Å². The van der Waals surface area contributed by atoms with E-state index in [0.717, 1.165) is 5.56 Å². The van der Waals surface area contributed by atoms with Gasteiger partial charge in [-0.15, -0.1) is 0 Å². The number of aliphatic hydroxyl groups is 1. The minimum atomic E-state index is -3.88. The number of aliphatic hydroxyl groups excluding tert-OH is 1. The van der Waals surface area contributed by atoms with Crippen LogP contribution in [-0.4, -0.2) is 62.6 Å². The molecule has 0 fully saturated rings. The summed E-state index contributed by atoms with van der Waals surface area (Å²) >= 11 is 0. The van der Waals surface area contributed by atoms with Crippen molar-refractivity contribution in [3.8, 4) is 0 Å². The highest BCUT2D eigenvalue weighted by atomic mass is 32.2. The third kappa shape index (κ3) is 10.6. The Morgan fingerprint density at radius 1 is 1.06 bits per heavy atom. The average molecular weight is 513 g/mol. The summed E-state index contributed by atoms with van der Waals surface area (Å²) in [5.41, 5.74) is 12.5. The second kappa shape index (κ2) is 14.0. The number of carbonyl (C=O) groups excluding carboxylic acids is 2. The maximum Gasteiger partial charge on any atom is 0.264 e. The first-order valence-electron chi connectivity index (χ1n) is 11.6. The maximum atomic E-state index is 12.7. The number of amides is 2. The van der Waals surface area contributed by atoms with Crippen LogP contribution in [0.1, 0.15) is 46.1 Å². The largest absolute Gasteiger partial charge is 0.394 e. The van der Waals surface area contributed by atoms with Gasteiger partial charge in [0.15, 0.2) is 0 Å². The molecule has 0 unspecified atom stereocenters. The number of carbonyl (C=O) groups is 2. The van der Waals surface area contributed by atoms with Gasteiger partial charge in [-0.3, -0.25) is 14.6 Å². The third-order valence-corrected chi connectivity index (χ3v) is 6.57. The summed E-state index contributed by atoms with van der Waals surface area (Å²) in [5, 5.41) is 14.9. The summed E-state index contributed by atoms with van der Waals surface area (Å²) in [5.74, 6) is -1.19. The van der Waals surface area contributed by atoms with Crippen LogP contribution in [0, 0.1) is 18.8 Å². The smallest absolute Gasteiger partial charge is 0.264 e. The van der Waals surface area contributed by atoms with Crippen molar-refractivity contribution in [3.05, 3.63) is 29.8 Å². The monoisotopic (exact) mass is 512 g/mol. The van der Waals surface area contributed by atoms with Crippen molar-refractivity contribution < 1.29 is 23.1 Å². The number of guanidine groups is 1. The van der Waals surface area contributed by atoms with E-state index < -0.39 is 40.0 Å². The zero-order valence-electron chi connectivity index (χ0n) is 21.1. The highest BCUT2D eigenvalue weighted by Crippen LogP contribution is 2.10. The summed E-state index contributed by atoms with van der Waals surface area (Å²) in [6.07, 6.45) is 0.686. The van der Waals surface area contributed by atoms with Gasteiger partial charge in [-0.05, 0) is 43.7 Å². The van der Waals surface area contributed by atoms with E-state index in [1.165, 1.54) is 12.1 Å². The molecule has 0 spiro atoms. The zero-order chi connectivity index (χ0) is 26.8. The first kappa shape index (κ1) is 30.3. The van der Waals surface area contributed by atoms with E-state index in [1.54, 1.807) is 26.0 Å². The number of sulfonamides is 1. The molecule has 0 aliphatic rings. The molecule has 0 aromatic heterocycles. The molecule has 0 aliphatic carbocycles. The molecular weight excluding hydrogens is 472 g/mol. The van der Waals surface area contributed by atoms with Gasteiger partial charge in [0, 0.05) is 6.54 Å². The second-order valence-electron chi connectivity index (χ2n) is 9.33. The van der Waals surface area contributed by atoms with Crippen LogP contribution >= 0.6 is 0 Å². The quantitative estimate of drug-likeness (QED) is 0.158. The molecular formula is C23H40N6O5S. The molecule has 198 valence electrons. The topological polar surface area (TPSA) is 189 Å². The van der Waals surface area contributed by atoms with Crippen molar-refractivity contribution in [2.45, 2.75) is 70.5 Å². The second-order valence-corrected chi connectivity index (χ2v) is 11.0. The lowest BCUT2D eigenvalue weighted by Gasteiger charge is -2.26. The maximum absolute atomic E-state index is 12.7. The Bertz CT molecular complexity index is 963. The molecule has 8 N–H and O–H groups in total. The number of nitrogens with zero attached hydrogens (tertiary/aromatic N) is 1. The van der Waals surface area contributed by atoms with E-state index in [1.807, 2.05) is 20.8 Å². The SMILES string of the molecule is Cc1ccc(S(=O)(=O)NC(N)=NCC[C@H](N)C(=O)N[C@H](C(=O)N[C@@H](CO)CC(C)C)C(C)C)cc1. The van der Waals surface area contributed by atoms with Crippen LogP contribution in [0.15, 0.2) is 34.2 Å². The minimum Gasteiger partial charge on any atom is -0.394 e. The Balaban J connectivity index is 2.65. The van der Waals surface area contributed by atoms with Gasteiger partial charge in [-0.25, -0.2) is 13.1 Å². The van der Waals surface area contributed by atoms with E-state index in [-0.39, 0.29) is 42.3 Å². The van der Waals surface area contributed by atoms with E-state index in [2.05, 4.69) is 20.3 Å². The fourth-order valence-electron chi connectivity index (χ4n) is 3.24. The van der Waals surface area contributed by atoms with E-state index in [0.29, 0.717) is 6.42 Å². The molecule has 0 saturated carbocycles. The summed E-state index contributed by atoms with van der Waals surface area (Å²) in [6.45, 7) is 9.19. The van der Waals surface area contributed by atoms with Gasteiger partial charge in [0.25, 0.3) is 10.0 Å². The predicted molar refractivity (Wildman–Crippen MR) is 136 cm³/mol. The van der Waals surface area contributed by atoms with Crippen molar-refractivity contribution >= 4 is 27.8 Å². The van der Waals surface area contributed by atoms with Crippen molar-refractivity contribution in [3.63, 3.8) is 0 Å². The van der Waals surface area contributed by atoms with Crippen molar-refractivity contribution in [2.24, 2.45) is 28.3 Å². The van der Waals surface area contributed by atoms with Gasteiger partial charge >= 0.3 is 0 Å². The lowest BCUT2D eigenvalue weighted by molar-refractivity contribution is -0.131. The molecule has 0 radical (unpaired) electrons. The minimum absolute atomic E-state index is 0.00362. The van der Waals surface area contributed by atoms with Gasteiger partial charge in [0.05, 0.1) is 23.6 Å². The first-order chi connectivity index (χ1) is 16.3. The Morgan fingerprint density at radius 2 is 1.66 bits per heavy atom. The van der Waals surface area contributed by atoms with Crippen molar-refractivity contribution in [2.75, 3.05) is 13.2 Å². The highest BCUT2D eigenvalue weighted by molar-refractivity contribution is 7.90. The van der Waals surface area contributed by atoms with Crippen LogP contribution in [0.25, 0.3) is 0 Å². The predicted octanol–water partition coefficient (Wildman–Crippen LogP) is -0.0306. The zero-order valence-corrected chi connectivity index (χ0v) is 21.9.